The Labute approximate surface area is 107 Å². The molecule has 0 aromatic heterocycles. The maximum absolute atomic E-state index is 11.7. The number of nitrogens with two attached hydrogens (primary N) is 1. The smallest absolute Gasteiger partial charge is 0.241 e. The number of nitrogens with one attached hydrogen (secondary N) is 2. The van der Waals surface area contributed by atoms with Crippen LogP contribution in [0.5, 0.6) is 0 Å². The number of sulfonamides is 1. The predicted molar refractivity (Wildman–Crippen MR) is 69.2 cm³/mol. The average Bonchev–Trinajstić information content (AvgIpc) is 2.33. The maximum atomic E-state index is 11.7. The number of rotatable bonds is 6. The molecule has 0 spiro atoms. The van der Waals surface area contributed by atoms with E-state index in [9.17, 15) is 13.2 Å². The minimum absolute atomic E-state index is 0.145. The van der Waals surface area contributed by atoms with E-state index in [1.807, 2.05) is 6.07 Å². The molecule has 18 heavy (non-hydrogen) atoms. The van der Waals surface area contributed by atoms with Crippen LogP contribution in [0.15, 0.2) is 30.3 Å². The van der Waals surface area contributed by atoms with Crippen LogP contribution >= 0.6 is 0 Å². The van der Waals surface area contributed by atoms with Crippen LogP contribution in [0, 0.1) is 0 Å². The molecule has 0 fully saturated rings. The molecule has 4 N–H and O–H groups in total. The summed E-state index contributed by atoms with van der Waals surface area (Å²) in [6.07, 6.45) is 1.06. The van der Waals surface area contributed by atoms with E-state index < -0.39 is 16.1 Å². The van der Waals surface area contributed by atoms with Crippen LogP contribution in [0.1, 0.15) is 11.6 Å². The van der Waals surface area contributed by atoms with E-state index in [2.05, 4.69) is 10.0 Å². The first-order valence-electron chi connectivity index (χ1n) is 5.43. The van der Waals surface area contributed by atoms with E-state index >= 15 is 0 Å². The lowest BCUT2D eigenvalue weighted by atomic mass is 10.1. The van der Waals surface area contributed by atoms with Crippen molar-refractivity contribution in [1.82, 2.24) is 10.0 Å². The minimum Gasteiger partial charge on any atom is -0.353 e. The number of amides is 1. The van der Waals surface area contributed by atoms with Crippen molar-refractivity contribution >= 4 is 15.9 Å². The van der Waals surface area contributed by atoms with Crippen LogP contribution < -0.4 is 15.8 Å². The summed E-state index contributed by atoms with van der Waals surface area (Å²) in [6, 6.07) is 8.22. The third-order valence-corrected chi connectivity index (χ3v) is 2.96. The molecule has 0 radical (unpaired) electrons. The van der Waals surface area contributed by atoms with Gasteiger partial charge in [-0.05, 0) is 5.56 Å². The Morgan fingerprint density at radius 1 is 1.28 bits per heavy atom. The largest absolute Gasteiger partial charge is 0.353 e. The van der Waals surface area contributed by atoms with Crippen LogP contribution in [0.25, 0.3) is 0 Å². The van der Waals surface area contributed by atoms with Crippen molar-refractivity contribution in [3.63, 3.8) is 0 Å². The summed E-state index contributed by atoms with van der Waals surface area (Å²) < 4.78 is 23.8. The van der Waals surface area contributed by atoms with Crippen molar-refractivity contribution in [3.05, 3.63) is 35.9 Å². The topological polar surface area (TPSA) is 101 Å². The van der Waals surface area contributed by atoms with Gasteiger partial charge in [0.05, 0.1) is 6.26 Å². The molecule has 0 bridgehead atoms. The Bertz CT molecular complexity index is 488. The summed E-state index contributed by atoms with van der Waals surface area (Å²) in [5.74, 6) is -0.337. The van der Waals surface area contributed by atoms with Crippen molar-refractivity contribution in [2.24, 2.45) is 5.73 Å². The highest BCUT2D eigenvalue weighted by molar-refractivity contribution is 7.88. The highest BCUT2D eigenvalue weighted by atomic mass is 32.2. The first kappa shape index (κ1) is 14.6. The second-order valence-electron chi connectivity index (χ2n) is 3.85. The molecule has 100 valence electrons. The van der Waals surface area contributed by atoms with Gasteiger partial charge in [-0.2, -0.15) is 0 Å². The summed E-state index contributed by atoms with van der Waals surface area (Å²) in [5, 5.41) is 2.56. The van der Waals surface area contributed by atoms with Crippen LogP contribution in [0.3, 0.4) is 0 Å². The summed E-state index contributed by atoms with van der Waals surface area (Å²) >= 11 is 0. The zero-order chi connectivity index (χ0) is 13.6. The first-order valence-corrected chi connectivity index (χ1v) is 7.32. The van der Waals surface area contributed by atoms with E-state index in [0.717, 1.165) is 6.26 Å². The van der Waals surface area contributed by atoms with Crippen LogP contribution in [-0.4, -0.2) is 33.7 Å². The molecule has 0 heterocycles. The molecular weight excluding hydrogens is 254 g/mol. The highest BCUT2D eigenvalue weighted by Gasteiger charge is 2.14. The molecule has 1 amide bonds. The molecule has 0 unspecified atom stereocenters. The molecule has 1 atom stereocenters. The second kappa shape index (κ2) is 6.48. The molecule has 1 rings (SSSR count). The number of carbonyl (C=O) groups is 1. The maximum Gasteiger partial charge on any atom is 0.241 e. The molecule has 0 saturated carbocycles. The van der Waals surface area contributed by atoms with Gasteiger partial charge in [0.1, 0.15) is 6.04 Å². The Morgan fingerprint density at radius 2 is 1.89 bits per heavy atom. The van der Waals surface area contributed by atoms with Crippen molar-refractivity contribution in [1.29, 1.82) is 0 Å². The van der Waals surface area contributed by atoms with Gasteiger partial charge >= 0.3 is 0 Å². The van der Waals surface area contributed by atoms with Gasteiger partial charge in [0, 0.05) is 13.1 Å². The van der Waals surface area contributed by atoms with Crippen molar-refractivity contribution in [3.8, 4) is 0 Å². The summed E-state index contributed by atoms with van der Waals surface area (Å²) in [7, 11) is -3.23. The van der Waals surface area contributed by atoms with Crippen molar-refractivity contribution < 1.29 is 13.2 Å². The SMILES string of the molecule is CS(=O)(=O)NCCNC(=O)[C@@H](N)c1ccccc1. The van der Waals surface area contributed by atoms with Crippen molar-refractivity contribution in [2.75, 3.05) is 19.3 Å². The predicted octanol–water partition coefficient (Wildman–Crippen LogP) is -0.648. The quantitative estimate of drug-likeness (QED) is 0.598. The van der Waals surface area contributed by atoms with E-state index in [4.69, 9.17) is 5.73 Å². The van der Waals surface area contributed by atoms with Crippen molar-refractivity contribution in [2.45, 2.75) is 6.04 Å². The Hall–Kier alpha value is -1.44. The number of carbonyl (C=O) groups excluding carboxylic acids is 1. The molecule has 1 aromatic carbocycles. The lowest BCUT2D eigenvalue weighted by Crippen LogP contribution is -2.39. The van der Waals surface area contributed by atoms with Gasteiger partial charge in [-0.15, -0.1) is 0 Å². The Balaban J connectivity index is 2.38. The molecular formula is C11H17N3O3S. The summed E-state index contributed by atoms with van der Waals surface area (Å²) in [5.41, 5.74) is 6.47. The Morgan fingerprint density at radius 3 is 2.44 bits per heavy atom. The Kier molecular flexibility index (Phi) is 5.26. The molecule has 7 heteroatoms. The highest BCUT2D eigenvalue weighted by Crippen LogP contribution is 2.08. The number of hydrogen-bond donors (Lipinski definition) is 3. The first-order chi connectivity index (χ1) is 8.40. The zero-order valence-electron chi connectivity index (χ0n) is 10.1. The molecule has 6 nitrogen and oxygen atoms in total. The van der Waals surface area contributed by atoms with Gasteiger partial charge in [-0.1, -0.05) is 30.3 Å². The van der Waals surface area contributed by atoms with E-state index in [-0.39, 0.29) is 19.0 Å². The van der Waals surface area contributed by atoms with Gasteiger partial charge < -0.3 is 11.1 Å². The summed E-state index contributed by atoms with van der Waals surface area (Å²) in [4.78, 5) is 11.7. The van der Waals surface area contributed by atoms with Gasteiger partial charge in [0.25, 0.3) is 0 Å². The standard InChI is InChI=1S/C11H17N3O3S/c1-18(16,17)14-8-7-13-11(15)10(12)9-5-3-2-4-6-9/h2-6,10,14H,7-8,12H2,1H3,(H,13,15)/t10-/m0/s1. The van der Waals surface area contributed by atoms with Gasteiger partial charge in [0.2, 0.25) is 15.9 Å². The molecule has 1 aromatic rings. The van der Waals surface area contributed by atoms with Crippen LogP contribution in [-0.2, 0) is 14.8 Å². The van der Waals surface area contributed by atoms with Gasteiger partial charge in [-0.25, -0.2) is 13.1 Å². The third kappa shape index (κ3) is 5.26. The fourth-order valence-electron chi connectivity index (χ4n) is 1.34. The number of benzene rings is 1. The third-order valence-electron chi connectivity index (χ3n) is 2.23. The molecule has 0 aliphatic rings. The minimum atomic E-state index is -3.23. The fourth-order valence-corrected chi connectivity index (χ4v) is 1.82. The van der Waals surface area contributed by atoms with E-state index in [1.54, 1.807) is 24.3 Å². The number of hydrogen-bond acceptors (Lipinski definition) is 4. The van der Waals surface area contributed by atoms with Crippen LogP contribution in [0.4, 0.5) is 0 Å². The molecule has 0 aliphatic carbocycles. The summed E-state index contributed by atoms with van der Waals surface area (Å²) in [6.45, 7) is 0.346. The van der Waals surface area contributed by atoms with E-state index in [1.165, 1.54) is 0 Å². The normalized spacial score (nSPS) is 13.0. The average molecular weight is 271 g/mol. The zero-order valence-corrected chi connectivity index (χ0v) is 10.9. The second-order valence-corrected chi connectivity index (χ2v) is 5.68. The van der Waals surface area contributed by atoms with Gasteiger partial charge in [0.15, 0.2) is 0 Å². The molecule has 0 saturated heterocycles. The van der Waals surface area contributed by atoms with Crippen LogP contribution in [0.2, 0.25) is 0 Å². The van der Waals surface area contributed by atoms with Gasteiger partial charge in [-0.3, -0.25) is 4.79 Å². The molecule has 0 aliphatic heterocycles. The monoisotopic (exact) mass is 271 g/mol. The van der Waals surface area contributed by atoms with E-state index in [0.29, 0.717) is 5.56 Å². The lowest BCUT2D eigenvalue weighted by molar-refractivity contribution is -0.122. The fraction of sp³-hybridized carbons (Fsp3) is 0.364. The lowest BCUT2D eigenvalue weighted by Gasteiger charge is -2.12.